The van der Waals surface area contributed by atoms with Crippen molar-refractivity contribution in [2.24, 2.45) is 0 Å². The minimum Gasteiger partial charge on any atom is -0.462 e. The molecule has 0 aliphatic heterocycles. The van der Waals surface area contributed by atoms with Gasteiger partial charge in [-0.25, -0.2) is 9.13 Å². The summed E-state index contributed by atoms with van der Waals surface area (Å²) in [6, 6.07) is 0. The number of hydrogen-bond donors (Lipinski definition) is 3. The number of aliphatic hydroxyl groups excluding tert-OH is 1. The molecule has 5 atom stereocenters. The van der Waals surface area contributed by atoms with Gasteiger partial charge in [-0.1, -0.05) is 291 Å². The van der Waals surface area contributed by atoms with Gasteiger partial charge in [0.1, 0.15) is 19.3 Å². The maximum Gasteiger partial charge on any atom is 0.472 e. The van der Waals surface area contributed by atoms with Crippen LogP contribution >= 0.6 is 15.6 Å². The fraction of sp³-hybridized carbons (Fsp3) is 0.560. The molecule has 110 heavy (non-hydrogen) atoms. The summed E-state index contributed by atoms with van der Waals surface area (Å²) >= 11 is 0. The van der Waals surface area contributed by atoms with Crippen LogP contribution in [0.25, 0.3) is 0 Å². The Bertz CT molecular complexity index is 2950. The number of unbranched alkanes of at least 4 members (excludes halogenated alkanes) is 12. The standard InChI is InChI=1S/C91H142O17P2/c1-5-9-13-17-21-25-29-33-36-39-42-45-48-52-56-60-64-68-72-76-89(94)102-82-87(108-91(96)78-74-70-66-62-58-54-50-47-44-41-38-35-31-27-23-19-15-11-7-3)84-106-110(99,100)104-80-85(92)79-103-109(97,98)105-83-86(81-101-88(93)75-71-67-63-59-55-51-32-28-24-20-16-12-8-4)107-90(95)77-73-69-65-61-57-53-49-46-43-40-37-34-30-26-22-18-14-10-6-2/h9-11,13-15,21-23,25-28,32-38,42-47,52-54,56-58,64-65,68-69,85-87,92H,5-8,12,16-20,24,29-31,39-41,48-51,55,59-63,66-67,70-84H2,1-4H3,(H,97,98)(H,99,100)/b13-9-,14-10-,15-11-,25-21-,26-22-,27-23-,32-28-,36-33-,37-34-,38-35-,45-42-,46-43-,47-44-,56-52-,57-53-,58-54-,68-64-,69-65-/t85-,86+,87+/m0/s1. The fourth-order valence-corrected chi connectivity index (χ4v) is 11.4. The molecule has 0 rings (SSSR count). The number of allylic oxidation sites excluding steroid dienone is 36. The first kappa shape index (κ1) is 103. The molecule has 19 heteroatoms. The van der Waals surface area contributed by atoms with E-state index in [0.29, 0.717) is 38.5 Å². The van der Waals surface area contributed by atoms with E-state index >= 15 is 0 Å². The molecule has 0 saturated carbocycles. The van der Waals surface area contributed by atoms with Crippen molar-refractivity contribution in [2.75, 3.05) is 39.6 Å². The smallest absolute Gasteiger partial charge is 0.462 e. The molecule has 3 N–H and O–H groups in total. The number of hydrogen-bond acceptors (Lipinski definition) is 15. The molecule has 0 aromatic heterocycles. The average molecular weight is 1570 g/mol. The van der Waals surface area contributed by atoms with Gasteiger partial charge in [0.05, 0.1) is 26.4 Å². The third kappa shape index (κ3) is 79.5. The van der Waals surface area contributed by atoms with Gasteiger partial charge in [0.2, 0.25) is 0 Å². The first-order valence-corrected chi connectivity index (χ1v) is 44.0. The summed E-state index contributed by atoms with van der Waals surface area (Å²) in [4.78, 5) is 73.1. The van der Waals surface area contributed by atoms with E-state index in [9.17, 15) is 43.2 Å². The Morgan fingerprint density at radius 1 is 0.264 bits per heavy atom. The molecule has 0 heterocycles. The lowest BCUT2D eigenvalue weighted by atomic mass is 10.1. The van der Waals surface area contributed by atoms with E-state index in [1.54, 1.807) is 0 Å². The molecule has 0 aliphatic rings. The molecule has 618 valence electrons. The van der Waals surface area contributed by atoms with Gasteiger partial charge < -0.3 is 33.8 Å². The van der Waals surface area contributed by atoms with E-state index in [2.05, 4.69) is 210 Å². The van der Waals surface area contributed by atoms with Crippen LogP contribution < -0.4 is 0 Å². The zero-order chi connectivity index (χ0) is 80.3. The number of carbonyl (C=O) groups excluding carboxylic acids is 4. The average Bonchev–Trinajstić information content (AvgIpc) is 0.906. The molecule has 0 amide bonds. The predicted octanol–water partition coefficient (Wildman–Crippen LogP) is 24.4. The van der Waals surface area contributed by atoms with Crippen LogP contribution in [0.2, 0.25) is 0 Å². The highest BCUT2D eigenvalue weighted by Gasteiger charge is 2.30. The Morgan fingerprint density at radius 3 is 0.818 bits per heavy atom. The van der Waals surface area contributed by atoms with Crippen LogP contribution in [0.3, 0.4) is 0 Å². The lowest BCUT2D eigenvalue weighted by Gasteiger charge is -2.21. The van der Waals surface area contributed by atoms with Gasteiger partial charge in [0.25, 0.3) is 0 Å². The van der Waals surface area contributed by atoms with E-state index in [4.69, 9.17) is 37.0 Å². The first-order chi connectivity index (χ1) is 53.7. The zero-order valence-electron chi connectivity index (χ0n) is 67.6. The number of phosphoric ester groups is 2. The molecule has 0 aromatic carbocycles. The van der Waals surface area contributed by atoms with Crippen LogP contribution in [0.1, 0.15) is 272 Å². The van der Waals surface area contributed by atoms with E-state index in [1.807, 2.05) is 36.5 Å². The normalized spacial score (nSPS) is 14.9. The quantitative estimate of drug-likeness (QED) is 0.0169. The van der Waals surface area contributed by atoms with Gasteiger partial charge in [-0.15, -0.1) is 0 Å². The van der Waals surface area contributed by atoms with Gasteiger partial charge in [-0.3, -0.25) is 37.3 Å². The third-order valence-electron chi connectivity index (χ3n) is 15.9. The number of esters is 4. The lowest BCUT2D eigenvalue weighted by molar-refractivity contribution is -0.161. The molecule has 0 aromatic rings. The third-order valence-corrected chi connectivity index (χ3v) is 17.8. The first-order valence-electron chi connectivity index (χ1n) is 41.0. The van der Waals surface area contributed by atoms with E-state index in [1.165, 1.54) is 25.7 Å². The minimum absolute atomic E-state index is 0.0169. The Balaban J connectivity index is 5.58. The van der Waals surface area contributed by atoms with Gasteiger partial charge >= 0.3 is 39.5 Å². The Kier molecular flexibility index (Phi) is 75.6. The number of phosphoric acid groups is 2. The van der Waals surface area contributed by atoms with Gasteiger partial charge in [-0.05, 0) is 173 Å². The largest absolute Gasteiger partial charge is 0.472 e. The molecular weight excluding hydrogens is 1430 g/mol. The second-order valence-corrected chi connectivity index (χ2v) is 29.1. The Morgan fingerprint density at radius 2 is 0.491 bits per heavy atom. The van der Waals surface area contributed by atoms with Crippen molar-refractivity contribution in [1.29, 1.82) is 0 Å². The highest BCUT2D eigenvalue weighted by atomic mass is 31.2. The van der Waals surface area contributed by atoms with Crippen molar-refractivity contribution in [3.8, 4) is 0 Å². The fourth-order valence-electron chi connectivity index (χ4n) is 9.82. The topological polar surface area (TPSA) is 237 Å². The van der Waals surface area contributed by atoms with Crippen LogP contribution in [0.5, 0.6) is 0 Å². The lowest BCUT2D eigenvalue weighted by Crippen LogP contribution is -2.30. The second-order valence-electron chi connectivity index (χ2n) is 26.2. The van der Waals surface area contributed by atoms with Gasteiger partial charge in [0.15, 0.2) is 12.2 Å². The highest BCUT2D eigenvalue weighted by Crippen LogP contribution is 2.45. The van der Waals surface area contributed by atoms with Crippen LogP contribution in [0.15, 0.2) is 219 Å². The Labute approximate surface area is 664 Å². The zero-order valence-corrected chi connectivity index (χ0v) is 69.4. The minimum atomic E-state index is -5.03. The van der Waals surface area contributed by atoms with Gasteiger partial charge in [-0.2, -0.15) is 0 Å². The molecule has 0 radical (unpaired) electrons. The molecule has 0 bridgehead atoms. The molecule has 0 aliphatic carbocycles. The Hall–Kier alpha value is -6.62. The highest BCUT2D eigenvalue weighted by molar-refractivity contribution is 7.47. The molecular formula is C91H142O17P2. The molecule has 17 nitrogen and oxygen atoms in total. The molecule has 0 spiro atoms. The van der Waals surface area contributed by atoms with E-state index < -0.39 is 97.5 Å². The second kappa shape index (κ2) is 80.4. The van der Waals surface area contributed by atoms with Gasteiger partial charge in [0, 0.05) is 25.7 Å². The maximum atomic E-state index is 13.1. The summed E-state index contributed by atoms with van der Waals surface area (Å²) in [6.45, 7) is 4.26. The van der Waals surface area contributed by atoms with Crippen molar-refractivity contribution in [3.63, 3.8) is 0 Å². The summed E-state index contributed by atoms with van der Waals surface area (Å²) in [5.41, 5.74) is 0. The number of aliphatic hydroxyl groups is 1. The van der Waals surface area contributed by atoms with Crippen molar-refractivity contribution >= 4 is 39.5 Å². The van der Waals surface area contributed by atoms with Crippen molar-refractivity contribution in [3.05, 3.63) is 219 Å². The van der Waals surface area contributed by atoms with Crippen molar-refractivity contribution in [2.45, 2.75) is 290 Å². The summed E-state index contributed by atoms with van der Waals surface area (Å²) in [5.74, 6) is -2.44. The van der Waals surface area contributed by atoms with Crippen molar-refractivity contribution < 1.29 is 80.2 Å². The van der Waals surface area contributed by atoms with Crippen LogP contribution in [0.4, 0.5) is 0 Å². The van der Waals surface area contributed by atoms with Crippen LogP contribution in [-0.2, 0) is 65.4 Å². The van der Waals surface area contributed by atoms with Crippen LogP contribution in [-0.4, -0.2) is 96.7 Å². The number of ether oxygens (including phenoxy) is 4. The monoisotopic (exact) mass is 1570 g/mol. The summed E-state index contributed by atoms with van der Waals surface area (Å²) in [5, 5.41) is 10.7. The molecule has 0 saturated heterocycles. The number of rotatable bonds is 74. The van der Waals surface area contributed by atoms with E-state index in [-0.39, 0.29) is 25.7 Å². The van der Waals surface area contributed by atoms with Crippen molar-refractivity contribution in [1.82, 2.24) is 0 Å². The predicted molar refractivity (Wildman–Crippen MR) is 454 cm³/mol. The van der Waals surface area contributed by atoms with Crippen LogP contribution in [0, 0.1) is 0 Å². The summed E-state index contributed by atoms with van der Waals surface area (Å²) in [6.07, 6.45) is 102. The summed E-state index contributed by atoms with van der Waals surface area (Å²) < 4.78 is 68.5. The number of carbonyl (C=O) groups is 4. The van der Waals surface area contributed by atoms with E-state index in [0.717, 1.165) is 154 Å². The SMILES string of the molecule is CC/C=C\C/C=C\C/C=C\C/C=C\C/C=C\C/C=C\CCC(=O)OC[C@H](COP(=O)(O)OC[C@@H](O)COP(=O)(O)OC[C@@H](COC(=O)CCCCCCC/C=C\CCCCCC)OC(=O)CC/C=C\C/C=C\C/C=C\C/C=C\C/C=C\C/C=C\CC)OC(=O)CCCCC/C=C\C/C=C\C/C=C\C/C=C\C/C=C\CC. The summed E-state index contributed by atoms with van der Waals surface area (Å²) in [7, 11) is -10.0. The molecule has 2 unspecified atom stereocenters. The maximum absolute atomic E-state index is 13.1. The molecule has 0 fully saturated rings.